The van der Waals surface area contributed by atoms with Gasteiger partial charge in [-0.25, -0.2) is 8.42 Å². The number of nitrogen functional groups attached to an aromatic ring is 1. The molecule has 152 valence electrons. The summed E-state index contributed by atoms with van der Waals surface area (Å²) >= 11 is 5.46. The van der Waals surface area contributed by atoms with Gasteiger partial charge >= 0.3 is 0 Å². The average Bonchev–Trinajstić information content (AvgIpc) is 2.56. The zero-order valence-electron chi connectivity index (χ0n) is 14.8. The molecule has 1 amide bonds. The van der Waals surface area contributed by atoms with Gasteiger partial charge in [0.25, 0.3) is 16.0 Å². The van der Waals surface area contributed by atoms with E-state index in [9.17, 15) is 26.2 Å². The van der Waals surface area contributed by atoms with Crippen LogP contribution >= 0.6 is 11.6 Å². The van der Waals surface area contributed by atoms with Gasteiger partial charge in [0.2, 0.25) is 0 Å². The van der Waals surface area contributed by atoms with E-state index < -0.39 is 30.8 Å². The summed E-state index contributed by atoms with van der Waals surface area (Å²) in [6.07, 6.45) is 0. The molecule has 8 nitrogen and oxygen atoms in total. The molecule has 0 saturated carbocycles. The van der Waals surface area contributed by atoms with Crippen molar-refractivity contribution in [2.45, 2.75) is 17.6 Å². The lowest BCUT2D eigenvalue weighted by molar-refractivity contribution is 0.102. The second-order valence-electron chi connectivity index (χ2n) is 6.11. The number of nitrogens with one attached hydrogen (secondary N) is 1. The molecule has 0 aliphatic heterocycles. The van der Waals surface area contributed by atoms with E-state index >= 15 is 0 Å². The molecule has 0 heterocycles. The van der Waals surface area contributed by atoms with Gasteiger partial charge in [0, 0.05) is 17.1 Å². The van der Waals surface area contributed by atoms with Crippen LogP contribution in [0.15, 0.2) is 41.3 Å². The lowest BCUT2D eigenvalue weighted by atomic mass is 10.1. The minimum Gasteiger partial charge on any atom is -0.398 e. The molecule has 0 unspecified atom stereocenters. The number of benzene rings is 2. The SMILES string of the molecule is Cc1cc(N)c(S(=O)(=O)O)cc1NC(=O)c1ccc(CS(=O)(=O)CCCl)cc1. The number of amides is 1. The number of halogens is 1. The molecule has 28 heavy (non-hydrogen) atoms. The Balaban J connectivity index is 2.22. The summed E-state index contributed by atoms with van der Waals surface area (Å²) in [4.78, 5) is 11.9. The number of hydrogen-bond acceptors (Lipinski definition) is 6. The van der Waals surface area contributed by atoms with E-state index in [1.807, 2.05) is 0 Å². The fraction of sp³-hybridized carbons (Fsp3) is 0.235. The normalized spacial score (nSPS) is 12.0. The first kappa shape index (κ1) is 22.2. The number of carbonyl (C=O) groups excluding carboxylic acids is 1. The highest BCUT2D eigenvalue weighted by Gasteiger charge is 2.18. The van der Waals surface area contributed by atoms with Crippen molar-refractivity contribution in [2.75, 3.05) is 22.7 Å². The molecule has 11 heteroatoms. The van der Waals surface area contributed by atoms with Crippen LogP contribution in [0, 0.1) is 6.92 Å². The van der Waals surface area contributed by atoms with Crippen molar-refractivity contribution in [3.63, 3.8) is 0 Å². The fourth-order valence-electron chi connectivity index (χ4n) is 2.46. The third-order valence-corrected chi connectivity index (χ3v) is 6.80. The molecule has 0 saturated heterocycles. The van der Waals surface area contributed by atoms with E-state index in [1.165, 1.54) is 30.3 Å². The Hall–Kier alpha value is -2.14. The van der Waals surface area contributed by atoms with Crippen LogP contribution < -0.4 is 11.1 Å². The van der Waals surface area contributed by atoms with Crippen molar-refractivity contribution >= 4 is 48.8 Å². The number of sulfone groups is 1. The van der Waals surface area contributed by atoms with Crippen LogP contribution in [0.3, 0.4) is 0 Å². The van der Waals surface area contributed by atoms with Gasteiger partial charge in [0.05, 0.1) is 17.2 Å². The zero-order chi connectivity index (χ0) is 21.1. The third kappa shape index (κ3) is 5.68. The van der Waals surface area contributed by atoms with Crippen molar-refractivity contribution in [3.05, 3.63) is 53.1 Å². The fourth-order valence-corrected chi connectivity index (χ4v) is 4.87. The van der Waals surface area contributed by atoms with E-state index in [0.29, 0.717) is 11.1 Å². The van der Waals surface area contributed by atoms with E-state index in [4.69, 9.17) is 17.3 Å². The first-order valence-electron chi connectivity index (χ1n) is 7.97. The van der Waals surface area contributed by atoms with Gasteiger partial charge < -0.3 is 11.1 Å². The van der Waals surface area contributed by atoms with Crippen molar-refractivity contribution < 1.29 is 26.2 Å². The number of rotatable bonds is 7. The molecule has 0 aromatic heterocycles. The number of anilines is 2. The summed E-state index contributed by atoms with van der Waals surface area (Å²) < 4.78 is 55.6. The van der Waals surface area contributed by atoms with Crippen molar-refractivity contribution in [2.24, 2.45) is 0 Å². The molecule has 0 aliphatic rings. The molecule has 2 aromatic rings. The summed E-state index contributed by atoms with van der Waals surface area (Å²) in [6.45, 7) is 1.62. The van der Waals surface area contributed by atoms with Crippen molar-refractivity contribution in [1.29, 1.82) is 0 Å². The summed E-state index contributed by atoms with van der Waals surface area (Å²) in [6, 6.07) is 8.34. The van der Waals surface area contributed by atoms with E-state index in [-0.39, 0.29) is 34.3 Å². The van der Waals surface area contributed by atoms with Gasteiger partial charge in [-0.3, -0.25) is 9.35 Å². The topological polar surface area (TPSA) is 144 Å². The molecule has 4 N–H and O–H groups in total. The maximum Gasteiger partial charge on any atom is 0.296 e. The van der Waals surface area contributed by atoms with Crippen LogP contribution in [0.2, 0.25) is 0 Å². The highest BCUT2D eigenvalue weighted by atomic mass is 35.5. The minimum absolute atomic E-state index is 0.00924. The van der Waals surface area contributed by atoms with Crippen molar-refractivity contribution in [1.82, 2.24) is 0 Å². The van der Waals surface area contributed by atoms with E-state index in [0.717, 1.165) is 6.07 Å². The van der Waals surface area contributed by atoms with Gasteiger partial charge in [-0.15, -0.1) is 11.6 Å². The highest BCUT2D eigenvalue weighted by Crippen LogP contribution is 2.27. The Labute approximate surface area is 168 Å². The van der Waals surface area contributed by atoms with E-state index in [2.05, 4.69) is 5.32 Å². The largest absolute Gasteiger partial charge is 0.398 e. The summed E-state index contributed by atoms with van der Waals surface area (Å²) in [5.74, 6) is -0.848. The van der Waals surface area contributed by atoms with Crippen LogP contribution in [0.4, 0.5) is 11.4 Å². The Morgan fingerprint density at radius 1 is 1.14 bits per heavy atom. The van der Waals surface area contributed by atoms with Crippen LogP contribution in [0.25, 0.3) is 0 Å². The maximum absolute atomic E-state index is 12.4. The van der Waals surface area contributed by atoms with Crippen LogP contribution in [0.5, 0.6) is 0 Å². The first-order chi connectivity index (χ1) is 12.9. The number of carbonyl (C=O) groups is 1. The lowest BCUT2D eigenvalue weighted by Crippen LogP contribution is -2.15. The summed E-state index contributed by atoms with van der Waals surface area (Å²) in [5.41, 5.74) is 6.88. The van der Waals surface area contributed by atoms with Crippen LogP contribution in [0.1, 0.15) is 21.5 Å². The predicted octanol–water partition coefficient (Wildman–Crippen LogP) is 2.23. The first-order valence-corrected chi connectivity index (χ1v) is 11.8. The second kappa shape index (κ2) is 8.48. The molecule has 0 bridgehead atoms. The van der Waals surface area contributed by atoms with Gasteiger partial charge in [-0.2, -0.15) is 8.42 Å². The summed E-state index contributed by atoms with van der Waals surface area (Å²) in [5, 5.41) is 2.55. The Kier molecular flexibility index (Phi) is 6.71. The molecule has 2 aromatic carbocycles. The molecule has 0 atom stereocenters. The standard InChI is InChI=1S/C17H19ClN2O6S2/c1-11-8-14(19)16(28(24,25)26)9-15(11)20-17(21)13-4-2-12(3-5-13)10-27(22,23)7-6-18/h2-5,8-9H,6-7,10,19H2,1H3,(H,20,21)(H,24,25,26). The molecule has 0 fully saturated rings. The monoisotopic (exact) mass is 446 g/mol. The Bertz CT molecular complexity index is 1100. The second-order valence-corrected chi connectivity index (χ2v) is 10.1. The van der Waals surface area contributed by atoms with Crippen LogP contribution in [-0.2, 0) is 25.7 Å². The molecule has 0 spiro atoms. The number of aryl methyl sites for hydroxylation is 1. The van der Waals surface area contributed by atoms with Crippen molar-refractivity contribution in [3.8, 4) is 0 Å². The molecule has 0 radical (unpaired) electrons. The van der Waals surface area contributed by atoms with Gasteiger partial charge in [-0.05, 0) is 42.3 Å². The maximum atomic E-state index is 12.4. The van der Waals surface area contributed by atoms with Gasteiger partial charge in [0.15, 0.2) is 9.84 Å². The number of hydrogen-bond donors (Lipinski definition) is 3. The zero-order valence-corrected chi connectivity index (χ0v) is 17.2. The van der Waals surface area contributed by atoms with Gasteiger partial charge in [0.1, 0.15) is 4.90 Å². The Morgan fingerprint density at radius 2 is 1.75 bits per heavy atom. The average molecular weight is 447 g/mol. The number of alkyl halides is 1. The van der Waals surface area contributed by atoms with E-state index in [1.54, 1.807) is 6.92 Å². The lowest BCUT2D eigenvalue weighted by Gasteiger charge is -2.12. The Morgan fingerprint density at radius 3 is 2.29 bits per heavy atom. The van der Waals surface area contributed by atoms with Crippen LogP contribution in [-0.4, -0.2) is 38.9 Å². The quantitative estimate of drug-likeness (QED) is 0.336. The molecule has 2 rings (SSSR count). The predicted molar refractivity (Wildman–Crippen MR) is 108 cm³/mol. The highest BCUT2D eigenvalue weighted by molar-refractivity contribution is 7.90. The van der Waals surface area contributed by atoms with Gasteiger partial charge in [-0.1, -0.05) is 12.1 Å². The minimum atomic E-state index is -4.54. The molecular formula is C17H19ClN2O6S2. The smallest absolute Gasteiger partial charge is 0.296 e. The molecule has 0 aliphatic carbocycles. The summed E-state index contributed by atoms with van der Waals surface area (Å²) in [7, 11) is -7.86. The molecular weight excluding hydrogens is 428 g/mol. The number of nitrogens with two attached hydrogens (primary N) is 1. The third-order valence-electron chi connectivity index (χ3n) is 3.87.